The molecule has 1 aromatic rings. The average molecular weight is 207 g/mol. The molecule has 2 saturated carbocycles. The van der Waals surface area contributed by atoms with Crippen molar-refractivity contribution in [3.8, 4) is 0 Å². The minimum atomic E-state index is -0.300. The molecule has 15 heavy (non-hydrogen) atoms. The first-order valence-corrected chi connectivity index (χ1v) is 5.91. The summed E-state index contributed by atoms with van der Waals surface area (Å²) in [6, 6.07) is 0. The summed E-state index contributed by atoms with van der Waals surface area (Å²) in [5.74, 6) is 2.06. The van der Waals surface area contributed by atoms with Crippen LogP contribution in [0.3, 0.4) is 0 Å². The van der Waals surface area contributed by atoms with Gasteiger partial charge in [0.1, 0.15) is 0 Å². The third kappa shape index (κ3) is 1.47. The molecular formula is C11H17N3O. The lowest BCUT2D eigenvalue weighted by molar-refractivity contribution is 0.287. The molecule has 2 aliphatic carbocycles. The van der Waals surface area contributed by atoms with Crippen molar-refractivity contribution >= 4 is 0 Å². The second kappa shape index (κ2) is 3.30. The molecule has 0 unspecified atom stereocenters. The molecule has 0 bridgehead atoms. The molecule has 0 saturated heterocycles. The lowest BCUT2D eigenvalue weighted by atomic mass is 9.85. The molecule has 1 aromatic heterocycles. The van der Waals surface area contributed by atoms with E-state index in [1.165, 1.54) is 32.1 Å². The normalized spacial score (nSPS) is 25.4. The van der Waals surface area contributed by atoms with Crippen LogP contribution in [0.5, 0.6) is 0 Å². The first kappa shape index (κ1) is 9.33. The monoisotopic (exact) mass is 207 g/mol. The smallest absolute Gasteiger partial charge is 0.229 e. The van der Waals surface area contributed by atoms with Gasteiger partial charge in [-0.25, -0.2) is 0 Å². The topological polar surface area (TPSA) is 64.9 Å². The van der Waals surface area contributed by atoms with Crippen molar-refractivity contribution in [3.63, 3.8) is 0 Å². The van der Waals surface area contributed by atoms with Gasteiger partial charge in [-0.3, -0.25) is 0 Å². The van der Waals surface area contributed by atoms with Gasteiger partial charge < -0.3 is 10.3 Å². The van der Waals surface area contributed by atoms with Crippen molar-refractivity contribution < 1.29 is 4.52 Å². The number of hydrogen-bond donors (Lipinski definition) is 1. The zero-order valence-corrected chi connectivity index (χ0v) is 8.91. The van der Waals surface area contributed by atoms with Gasteiger partial charge in [0.2, 0.25) is 5.89 Å². The Labute approximate surface area is 89.2 Å². The quantitative estimate of drug-likeness (QED) is 0.806. The molecule has 4 heteroatoms. The second-order valence-electron chi connectivity index (χ2n) is 4.95. The van der Waals surface area contributed by atoms with E-state index in [1.807, 2.05) is 0 Å². The summed E-state index contributed by atoms with van der Waals surface area (Å²) in [7, 11) is 0. The SMILES string of the molecule is NC1(c2noc(C3CCC3)n2)CCCC1. The lowest BCUT2D eigenvalue weighted by Gasteiger charge is -2.21. The van der Waals surface area contributed by atoms with Crippen LogP contribution >= 0.6 is 0 Å². The van der Waals surface area contributed by atoms with Gasteiger partial charge in [0.25, 0.3) is 0 Å². The summed E-state index contributed by atoms with van der Waals surface area (Å²) in [5, 5.41) is 4.06. The molecule has 1 heterocycles. The Bertz CT molecular complexity index is 350. The van der Waals surface area contributed by atoms with Crippen molar-refractivity contribution in [2.45, 2.75) is 56.4 Å². The van der Waals surface area contributed by atoms with Gasteiger partial charge in [-0.15, -0.1) is 0 Å². The van der Waals surface area contributed by atoms with Crippen molar-refractivity contribution in [3.05, 3.63) is 11.7 Å². The first-order valence-electron chi connectivity index (χ1n) is 5.91. The average Bonchev–Trinajstić information content (AvgIpc) is 2.71. The zero-order chi connectivity index (χ0) is 10.3. The van der Waals surface area contributed by atoms with Gasteiger partial charge >= 0.3 is 0 Å². The van der Waals surface area contributed by atoms with Gasteiger partial charge in [-0.1, -0.05) is 24.4 Å². The van der Waals surface area contributed by atoms with Gasteiger partial charge in [-0.2, -0.15) is 4.98 Å². The predicted molar refractivity (Wildman–Crippen MR) is 55.2 cm³/mol. The lowest BCUT2D eigenvalue weighted by Crippen LogP contribution is -2.34. The van der Waals surface area contributed by atoms with Gasteiger partial charge in [0, 0.05) is 5.92 Å². The van der Waals surface area contributed by atoms with Crippen molar-refractivity contribution in [1.29, 1.82) is 0 Å². The maximum atomic E-state index is 6.27. The molecule has 2 aliphatic rings. The molecule has 3 rings (SSSR count). The Balaban J connectivity index is 1.82. The van der Waals surface area contributed by atoms with Crippen molar-refractivity contribution in [2.75, 3.05) is 0 Å². The van der Waals surface area contributed by atoms with E-state index in [9.17, 15) is 0 Å². The van der Waals surface area contributed by atoms with E-state index >= 15 is 0 Å². The van der Waals surface area contributed by atoms with Gasteiger partial charge in [-0.05, 0) is 25.7 Å². The highest BCUT2D eigenvalue weighted by molar-refractivity contribution is 5.08. The van der Waals surface area contributed by atoms with Gasteiger partial charge in [0.05, 0.1) is 5.54 Å². The third-order valence-electron chi connectivity index (χ3n) is 3.84. The van der Waals surface area contributed by atoms with E-state index in [2.05, 4.69) is 10.1 Å². The second-order valence-corrected chi connectivity index (χ2v) is 4.95. The Morgan fingerprint density at radius 1 is 1.20 bits per heavy atom. The number of nitrogens with two attached hydrogens (primary N) is 1. The minimum Gasteiger partial charge on any atom is -0.339 e. The van der Waals surface area contributed by atoms with E-state index in [0.717, 1.165) is 24.6 Å². The summed E-state index contributed by atoms with van der Waals surface area (Å²) >= 11 is 0. The fourth-order valence-electron chi connectivity index (χ4n) is 2.49. The minimum absolute atomic E-state index is 0.300. The van der Waals surface area contributed by atoms with E-state index < -0.39 is 0 Å². The first-order chi connectivity index (χ1) is 7.28. The summed E-state index contributed by atoms with van der Waals surface area (Å²) in [4.78, 5) is 4.48. The molecule has 2 fully saturated rings. The maximum absolute atomic E-state index is 6.27. The summed E-state index contributed by atoms with van der Waals surface area (Å²) in [6.07, 6.45) is 8.04. The maximum Gasteiger partial charge on any atom is 0.229 e. The van der Waals surface area contributed by atoms with E-state index in [1.54, 1.807) is 0 Å². The van der Waals surface area contributed by atoms with Crippen LogP contribution in [0.4, 0.5) is 0 Å². The van der Waals surface area contributed by atoms with Crippen LogP contribution in [0.25, 0.3) is 0 Å². The summed E-state index contributed by atoms with van der Waals surface area (Å²) < 4.78 is 5.31. The number of aromatic nitrogens is 2. The fraction of sp³-hybridized carbons (Fsp3) is 0.818. The molecule has 0 spiro atoms. The standard InChI is InChI=1S/C11H17N3O/c12-11(6-1-2-7-11)10-13-9(15-14-10)8-4-3-5-8/h8H,1-7,12H2. The number of nitrogens with zero attached hydrogens (tertiary/aromatic N) is 2. The summed E-state index contributed by atoms with van der Waals surface area (Å²) in [5.41, 5.74) is 5.97. The highest BCUT2D eigenvalue weighted by Crippen LogP contribution is 2.38. The highest BCUT2D eigenvalue weighted by Gasteiger charge is 2.37. The Morgan fingerprint density at radius 2 is 1.93 bits per heavy atom. The largest absolute Gasteiger partial charge is 0.339 e. The molecule has 0 amide bonds. The van der Waals surface area contributed by atoms with E-state index in [4.69, 9.17) is 10.3 Å². The van der Waals surface area contributed by atoms with Gasteiger partial charge in [0.15, 0.2) is 5.82 Å². The molecular weight excluding hydrogens is 190 g/mol. The van der Waals surface area contributed by atoms with Crippen LogP contribution in [-0.2, 0) is 5.54 Å². The number of rotatable bonds is 2. The van der Waals surface area contributed by atoms with Crippen LogP contribution in [0.2, 0.25) is 0 Å². The fourth-order valence-corrected chi connectivity index (χ4v) is 2.49. The van der Waals surface area contributed by atoms with Crippen LogP contribution in [0, 0.1) is 0 Å². The molecule has 0 aromatic carbocycles. The van der Waals surface area contributed by atoms with E-state index in [0.29, 0.717) is 5.92 Å². The summed E-state index contributed by atoms with van der Waals surface area (Å²) in [6.45, 7) is 0. The van der Waals surface area contributed by atoms with Crippen LogP contribution in [-0.4, -0.2) is 10.1 Å². The Kier molecular flexibility index (Phi) is 2.06. The van der Waals surface area contributed by atoms with Crippen molar-refractivity contribution in [2.24, 2.45) is 5.73 Å². The van der Waals surface area contributed by atoms with Crippen LogP contribution in [0.1, 0.15) is 62.6 Å². The van der Waals surface area contributed by atoms with E-state index in [-0.39, 0.29) is 5.54 Å². The molecule has 4 nitrogen and oxygen atoms in total. The molecule has 2 N–H and O–H groups in total. The molecule has 0 radical (unpaired) electrons. The van der Waals surface area contributed by atoms with Crippen LogP contribution < -0.4 is 5.73 Å². The predicted octanol–water partition coefficient (Wildman–Crippen LogP) is 2.07. The molecule has 0 atom stereocenters. The molecule has 82 valence electrons. The number of hydrogen-bond acceptors (Lipinski definition) is 4. The zero-order valence-electron chi connectivity index (χ0n) is 8.91. The third-order valence-corrected chi connectivity index (χ3v) is 3.84. The van der Waals surface area contributed by atoms with Crippen LogP contribution in [0.15, 0.2) is 4.52 Å². The molecule has 0 aliphatic heterocycles. The Hall–Kier alpha value is -0.900. The van der Waals surface area contributed by atoms with Crippen molar-refractivity contribution in [1.82, 2.24) is 10.1 Å². The Morgan fingerprint density at radius 3 is 2.53 bits per heavy atom. The highest BCUT2D eigenvalue weighted by atomic mass is 16.5.